The fourth-order valence-electron chi connectivity index (χ4n) is 2.15. The van der Waals surface area contributed by atoms with E-state index < -0.39 is 21.5 Å². The second-order valence-electron chi connectivity index (χ2n) is 5.00. The lowest BCUT2D eigenvalue weighted by Gasteiger charge is -2.19. The minimum absolute atomic E-state index is 0.0114. The lowest BCUT2D eigenvalue weighted by molar-refractivity contribution is 0.102. The molecule has 2 N–H and O–H groups in total. The predicted octanol–water partition coefficient (Wildman–Crippen LogP) is 1.71. The minimum atomic E-state index is -3.77. The zero-order valence-electron chi connectivity index (χ0n) is 13.6. The Morgan fingerprint density at radius 2 is 1.92 bits per heavy atom. The highest BCUT2D eigenvalue weighted by atomic mass is 35.5. The molecule has 0 saturated carbocycles. The van der Waals surface area contributed by atoms with Crippen LogP contribution in [0, 0.1) is 0 Å². The number of amides is 1. The molecule has 0 aliphatic rings. The summed E-state index contributed by atoms with van der Waals surface area (Å²) < 4.78 is 26.5. The number of benzene rings is 1. The van der Waals surface area contributed by atoms with Gasteiger partial charge >= 0.3 is 0 Å². The second kappa shape index (κ2) is 7.77. The van der Waals surface area contributed by atoms with Crippen LogP contribution in [0.1, 0.15) is 24.3 Å². The van der Waals surface area contributed by atoms with Crippen molar-refractivity contribution in [3.05, 3.63) is 51.4 Å². The summed E-state index contributed by atoms with van der Waals surface area (Å²) in [6.45, 7) is 4.05. The van der Waals surface area contributed by atoms with E-state index in [2.05, 4.69) is 15.5 Å². The molecule has 25 heavy (non-hydrogen) atoms. The van der Waals surface area contributed by atoms with Crippen molar-refractivity contribution in [3.63, 3.8) is 0 Å². The number of nitrogens with one attached hydrogen (secondary N) is 2. The third-order valence-electron chi connectivity index (χ3n) is 3.42. The molecule has 1 aromatic heterocycles. The minimum Gasteiger partial charge on any atom is -0.321 e. The van der Waals surface area contributed by atoms with E-state index in [1.165, 1.54) is 34.6 Å². The lowest BCUT2D eigenvalue weighted by Crippen LogP contribution is -2.31. The molecule has 1 amide bonds. The lowest BCUT2D eigenvalue weighted by atomic mass is 10.3. The maximum absolute atomic E-state index is 12.6. The van der Waals surface area contributed by atoms with Crippen LogP contribution in [0.25, 0.3) is 0 Å². The molecule has 0 aliphatic heterocycles. The van der Waals surface area contributed by atoms with Crippen LogP contribution >= 0.6 is 11.6 Å². The van der Waals surface area contributed by atoms with Crippen LogP contribution in [-0.4, -0.2) is 41.9 Å². The first-order valence-corrected chi connectivity index (χ1v) is 9.28. The maximum Gasteiger partial charge on any atom is 0.276 e. The van der Waals surface area contributed by atoms with E-state index in [4.69, 9.17) is 11.6 Å². The standard InChI is InChI=1S/C15H17ClN4O4S/c1-3-20(4-2)25(23,24)13-9-10(5-6-11(13)16)17-15(22)12-7-8-14(21)19-18-12/h5-9H,3-4H2,1-2H3,(H,17,22)(H,19,21). The number of aromatic nitrogens is 2. The predicted molar refractivity (Wildman–Crippen MR) is 94.4 cm³/mol. The van der Waals surface area contributed by atoms with Crippen molar-refractivity contribution in [2.24, 2.45) is 0 Å². The summed E-state index contributed by atoms with van der Waals surface area (Å²) in [5, 5.41) is 8.36. The summed E-state index contributed by atoms with van der Waals surface area (Å²) in [6.07, 6.45) is 0. The van der Waals surface area contributed by atoms with Gasteiger partial charge < -0.3 is 5.32 Å². The maximum atomic E-state index is 12.6. The molecule has 134 valence electrons. The molecular weight excluding hydrogens is 368 g/mol. The third-order valence-corrected chi connectivity index (χ3v) is 5.96. The van der Waals surface area contributed by atoms with Gasteiger partial charge in [-0.05, 0) is 24.3 Å². The number of carbonyl (C=O) groups is 1. The van der Waals surface area contributed by atoms with Gasteiger partial charge in [-0.1, -0.05) is 25.4 Å². The molecule has 0 fully saturated rings. The van der Waals surface area contributed by atoms with Crippen molar-refractivity contribution >= 4 is 33.2 Å². The highest BCUT2D eigenvalue weighted by Gasteiger charge is 2.25. The van der Waals surface area contributed by atoms with Gasteiger partial charge in [0.2, 0.25) is 10.0 Å². The summed E-state index contributed by atoms with van der Waals surface area (Å²) in [5.41, 5.74) is -0.202. The molecule has 8 nitrogen and oxygen atoms in total. The Morgan fingerprint density at radius 1 is 1.24 bits per heavy atom. The summed E-state index contributed by atoms with van der Waals surface area (Å²) in [7, 11) is -3.77. The first-order chi connectivity index (χ1) is 11.8. The number of anilines is 1. The third kappa shape index (κ3) is 4.25. The quantitative estimate of drug-likeness (QED) is 0.787. The molecule has 2 aromatic rings. The van der Waals surface area contributed by atoms with Crippen LogP contribution in [0.5, 0.6) is 0 Å². The van der Waals surface area contributed by atoms with Crippen LogP contribution in [0.3, 0.4) is 0 Å². The Kier molecular flexibility index (Phi) is 5.93. The number of sulfonamides is 1. The average molecular weight is 385 g/mol. The molecule has 0 bridgehead atoms. The molecule has 1 heterocycles. The molecular formula is C15H17ClN4O4S. The molecule has 0 aliphatic carbocycles. The molecule has 0 atom stereocenters. The summed E-state index contributed by atoms with van der Waals surface area (Å²) in [5.74, 6) is -0.593. The summed E-state index contributed by atoms with van der Waals surface area (Å²) in [6, 6.07) is 6.60. The van der Waals surface area contributed by atoms with E-state index in [-0.39, 0.29) is 21.3 Å². The second-order valence-corrected chi connectivity index (χ2v) is 7.31. The number of hydrogen-bond acceptors (Lipinski definition) is 5. The number of carbonyl (C=O) groups excluding carboxylic acids is 1. The Morgan fingerprint density at radius 3 is 2.48 bits per heavy atom. The van der Waals surface area contributed by atoms with Crippen LogP contribution < -0.4 is 10.9 Å². The molecule has 0 saturated heterocycles. The first kappa shape index (κ1) is 19.1. The van der Waals surface area contributed by atoms with Crippen molar-refractivity contribution in [2.45, 2.75) is 18.7 Å². The smallest absolute Gasteiger partial charge is 0.276 e. The molecule has 0 unspecified atom stereocenters. The van der Waals surface area contributed by atoms with Crippen molar-refractivity contribution in [1.82, 2.24) is 14.5 Å². The fraction of sp³-hybridized carbons (Fsp3) is 0.267. The Hall–Kier alpha value is -2.23. The zero-order valence-corrected chi connectivity index (χ0v) is 15.2. The summed E-state index contributed by atoms with van der Waals surface area (Å²) >= 11 is 6.04. The first-order valence-electron chi connectivity index (χ1n) is 7.46. The van der Waals surface area contributed by atoms with E-state index in [9.17, 15) is 18.0 Å². The van der Waals surface area contributed by atoms with Gasteiger partial charge in [-0.15, -0.1) is 0 Å². The van der Waals surface area contributed by atoms with Gasteiger partial charge in [0.15, 0.2) is 0 Å². The molecule has 0 radical (unpaired) electrons. The van der Waals surface area contributed by atoms with Crippen LogP contribution in [0.4, 0.5) is 5.69 Å². The molecule has 10 heteroatoms. The SMILES string of the molecule is CCN(CC)S(=O)(=O)c1cc(NC(=O)c2ccc(=O)[nH]n2)ccc1Cl. The normalized spacial score (nSPS) is 11.5. The van der Waals surface area contributed by atoms with Crippen molar-refractivity contribution < 1.29 is 13.2 Å². The average Bonchev–Trinajstić information content (AvgIpc) is 2.57. The van der Waals surface area contributed by atoms with Gasteiger partial charge in [-0.3, -0.25) is 9.59 Å². The van der Waals surface area contributed by atoms with Crippen molar-refractivity contribution in [1.29, 1.82) is 0 Å². The van der Waals surface area contributed by atoms with Crippen LogP contribution in [0.2, 0.25) is 5.02 Å². The molecule has 0 spiro atoms. The zero-order chi connectivity index (χ0) is 18.6. The Bertz CT molecular complexity index is 918. The molecule has 1 aromatic carbocycles. The Balaban J connectivity index is 2.34. The van der Waals surface area contributed by atoms with Crippen molar-refractivity contribution in [3.8, 4) is 0 Å². The van der Waals surface area contributed by atoms with Crippen molar-refractivity contribution in [2.75, 3.05) is 18.4 Å². The topological polar surface area (TPSA) is 112 Å². The number of nitrogens with zero attached hydrogens (tertiary/aromatic N) is 2. The van der Waals surface area contributed by atoms with E-state index in [0.717, 1.165) is 0 Å². The van der Waals surface area contributed by atoms with E-state index >= 15 is 0 Å². The van der Waals surface area contributed by atoms with Crippen LogP contribution in [0.15, 0.2) is 40.0 Å². The van der Waals surface area contributed by atoms with Gasteiger partial charge in [-0.2, -0.15) is 9.40 Å². The Labute approximate surface area is 149 Å². The number of halogens is 1. The van der Waals surface area contributed by atoms with E-state index in [0.29, 0.717) is 13.1 Å². The van der Waals surface area contributed by atoms with E-state index in [1.807, 2.05) is 0 Å². The van der Waals surface area contributed by atoms with Crippen LogP contribution in [-0.2, 0) is 10.0 Å². The summed E-state index contributed by atoms with van der Waals surface area (Å²) in [4.78, 5) is 23.0. The molecule has 2 rings (SSSR count). The number of H-pyrrole nitrogens is 1. The number of aromatic amines is 1. The largest absolute Gasteiger partial charge is 0.321 e. The number of rotatable bonds is 6. The van der Waals surface area contributed by atoms with Gasteiger partial charge in [0, 0.05) is 24.8 Å². The fourth-order valence-corrected chi connectivity index (χ4v) is 4.11. The number of hydrogen-bond donors (Lipinski definition) is 2. The van der Waals surface area contributed by atoms with Gasteiger partial charge in [0.25, 0.3) is 11.5 Å². The van der Waals surface area contributed by atoms with Gasteiger partial charge in [0.1, 0.15) is 10.6 Å². The van der Waals surface area contributed by atoms with Gasteiger partial charge in [0.05, 0.1) is 5.02 Å². The highest BCUT2D eigenvalue weighted by Crippen LogP contribution is 2.27. The highest BCUT2D eigenvalue weighted by molar-refractivity contribution is 7.89. The van der Waals surface area contributed by atoms with E-state index in [1.54, 1.807) is 13.8 Å². The monoisotopic (exact) mass is 384 g/mol. The van der Waals surface area contributed by atoms with Gasteiger partial charge in [-0.25, -0.2) is 13.5 Å².